The Morgan fingerprint density at radius 1 is 1.41 bits per heavy atom. The number of carbonyl (C=O) groups excluding carboxylic acids is 1. The largest absolute Gasteiger partial charge is 0.444 e. The zero-order valence-electron chi connectivity index (χ0n) is 12.8. The van der Waals surface area contributed by atoms with Crippen LogP contribution in [0.15, 0.2) is 12.3 Å². The Balaban J connectivity index is 2.07. The van der Waals surface area contributed by atoms with E-state index < -0.39 is 23.3 Å². The van der Waals surface area contributed by atoms with E-state index >= 15 is 4.39 Å². The van der Waals surface area contributed by atoms with Gasteiger partial charge < -0.3 is 9.64 Å². The highest BCUT2D eigenvalue weighted by molar-refractivity contribution is 6.30. The van der Waals surface area contributed by atoms with Crippen LogP contribution in [0.1, 0.15) is 39.2 Å². The van der Waals surface area contributed by atoms with Crippen LogP contribution in [0, 0.1) is 5.95 Å². The summed E-state index contributed by atoms with van der Waals surface area (Å²) in [4.78, 5) is 16.8. The van der Waals surface area contributed by atoms with Crippen molar-refractivity contribution in [3.8, 4) is 0 Å². The fourth-order valence-electron chi connectivity index (χ4n) is 2.38. The molecule has 1 aromatic rings. The van der Waals surface area contributed by atoms with Crippen LogP contribution in [0.5, 0.6) is 0 Å². The lowest BCUT2D eigenvalue weighted by Crippen LogP contribution is -2.45. The third-order valence-corrected chi connectivity index (χ3v) is 3.70. The molecular weight excluding hydrogens is 314 g/mol. The lowest BCUT2D eigenvalue weighted by atomic mass is 9.87. The van der Waals surface area contributed by atoms with Crippen LogP contribution in [0.2, 0.25) is 5.02 Å². The number of nitrogens with zero attached hydrogens (tertiary/aromatic N) is 2. The first kappa shape index (κ1) is 16.9. The van der Waals surface area contributed by atoms with Crippen LogP contribution >= 0.6 is 11.6 Å². The summed E-state index contributed by atoms with van der Waals surface area (Å²) >= 11 is 5.77. The predicted octanol–water partition coefficient (Wildman–Crippen LogP) is 4.07. The molecule has 0 aliphatic carbocycles. The van der Waals surface area contributed by atoms with E-state index in [1.54, 1.807) is 20.8 Å². The predicted molar refractivity (Wildman–Crippen MR) is 79.0 cm³/mol. The molecule has 1 amide bonds. The molecule has 4 nitrogen and oxygen atoms in total. The Morgan fingerprint density at radius 2 is 2.00 bits per heavy atom. The van der Waals surface area contributed by atoms with Gasteiger partial charge in [-0.15, -0.1) is 0 Å². The number of piperidine rings is 1. The van der Waals surface area contributed by atoms with Gasteiger partial charge in [0.25, 0.3) is 0 Å². The topological polar surface area (TPSA) is 42.4 Å². The molecule has 122 valence electrons. The average molecular weight is 333 g/mol. The summed E-state index contributed by atoms with van der Waals surface area (Å²) in [5.74, 6) is -0.863. The number of alkyl halides is 1. The van der Waals surface area contributed by atoms with Gasteiger partial charge >= 0.3 is 6.09 Å². The molecule has 0 saturated carbocycles. The van der Waals surface area contributed by atoms with Crippen molar-refractivity contribution in [2.45, 2.75) is 44.9 Å². The molecule has 0 bridgehead atoms. The van der Waals surface area contributed by atoms with E-state index in [9.17, 15) is 9.18 Å². The van der Waals surface area contributed by atoms with Crippen LogP contribution in [-0.4, -0.2) is 34.7 Å². The minimum absolute atomic E-state index is 0.0226. The number of pyridine rings is 1. The summed E-state index contributed by atoms with van der Waals surface area (Å²) in [5.41, 5.74) is -2.63. The first-order valence-corrected chi connectivity index (χ1v) is 7.47. The van der Waals surface area contributed by atoms with Gasteiger partial charge in [-0.05, 0) is 26.8 Å². The Kier molecular flexibility index (Phi) is 4.61. The van der Waals surface area contributed by atoms with Gasteiger partial charge in [-0.2, -0.15) is 4.39 Å². The molecule has 0 unspecified atom stereocenters. The molecule has 0 N–H and O–H groups in total. The number of hydrogen-bond donors (Lipinski definition) is 0. The molecule has 1 fully saturated rings. The van der Waals surface area contributed by atoms with Gasteiger partial charge in [-0.1, -0.05) is 11.6 Å². The van der Waals surface area contributed by atoms with E-state index in [1.165, 1.54) is 11.0 Å². The number of rotatable bonds is 1. The van der Waals surface area contributed by atoms with Gasteiger partial charge in [-0.25, -0.2) is 14.2 Å². The van der Waals surface area contributed by atoms with E-state index in [1.807, 2.05) is 0 Å². The smallest absolute Gasteiger partial charge is 0.410 e. The molecule has 22 heavy (non-hydrogen) atoms. The molecule has 0 radical (unpaired) electrons. The van der Waals surface area contributed by atoms with E-state index in [-0.39, 0.29) is 36.5 Å². The van der Waals surface area contributed by atoms with Crippen molar-refractivity contribution in [3.05, 3.63) is 28.8 Å². The zero-order valence-corrected chi connectivity index (χ0v) is 13.6. The molecule has 2 rings (SSSR count). The molecule has 7 heteroatoms. The van der Waals surface area contributed by atoms with Crippen molar-refractivity contribution >= 4 is 17.7 Å². The third-order valence-electron chi connectivity index (χ3n) is 3.50. The highest BCUT2D eigenvalue weighted by atomic mass is 35.5. The summed E-state index contributed by atoms with van der Waals surface area (Å²) in [6, 6.07) is 1.26. The van der Waals surface area contributed by atoms with E-state index in [2.05, 4.69) is 4.98 Å². The summed E-state index contributed by atoms with van der Waals surface area (Å²) in [7, 11) is 0. The fraction of sp³-hybridized carbons (Fsp3) is 0.600. The summed E-state index contributed by atoms with van der Waals surface area (Å²) in [5, 5.41) is 0.183. The second kappa shape index (κ2) is 5.99. The highest BCUT2D eigenvalue weighted by Crippen LogP contribution is 2.39. The highest BCUT2D eigenvalue weighted by Gasteiger charge is 2.40. The van der Waals surface area contributed by atoms with E-state index in [0.29, 0.717) is 0 Å². The molecule has 2 heterocycles. The van der Waals surface area contributed by atoms with E-state index in [4.69, 9.17) is 16.3 Å². The van der Waals surface area contributed by atoms with Crippen molar-refractivity contribution in [3.63, 3.8) is 0 Å². The summed E-state index contributed by atoms with van der Waals surface area (Å²) < 4.78 is 34.0. The monoisotopic (exact) mass is 332 g/mol. The number of aromatic nitrogens is 1. The summed E-state index contributed by atoms with van der Waals surface area (Å²) in [6.07, 6.45) is 0.606. The molecular formula is C15H19ClF2N2O2. The normalized spacial score (nSPS) is 18.2. The first-order chi connectivity index (χ1) is 10.1. The van der Waals surface area contributed by atoms with Crippen molar-refractivity contribution in [2.24, 2.45) is 0 Å². The maximum Gasteiger partial charge on any atom is 0.410 e. The van der Waals surface area contributed by atoms with Crippen LogP contribution in [-0.2, 0) is 10.4 Å². The molecule has 0 aromatic carbocycles. The zero-order chi connectivity index (χ0) is 16.5. The molecule has 1 aliphatic rings. The lowest BCUT2D eigenvalue weighted by molar-refractivity contribution is 0.00137. The van der Waals surface area contributed by atoms with Gasteiger partial charge in [-0.3, -0.25) is 0 Å². The van der Waals surface area contributed by atoms with Gasteiger partial charge in [0.1, 0.15) is 11.3 Å². The number of likely N-dealkylation sites (tertiary alicyclic amines) is 1. The minimum atomic E-state index is -1.87. The Bertz CT molecular complexity index is 567. The minimum Gasteiger partial charge on any atom is -0.444 e. The first-order valence-electron chi connectivity index (χ1n) is 7.09. The Hall–Kier alpha value is -1.43. The Morgan fingerprint density at radius 3 is 2.55 bits per heavy atom. The maximum absolute atomic E-state index is 15.0. The molecule has 1 aliphatic heterocycles. The van der Waals surface area contributed by atoms with Gasteiger partial charge in [0.05, 0.1) is 5.02 Å². The van der Waals surface area contributed by atoms with Gasteiger partial charge in [0.2, 0.25) is 5.95 Å². The quantitative estimate of drug-likeness (QED) is 0.728. The SMILES string of the molecule is CC(C)(C)OC(=O)N1CCC(F)(c2cc(Cl)cnc2F)CC1. The second-order valence-corrected chi connectivity index (χ2v) is 6.86. The number of hydrogen-bond acceptors (Lipinski definition) is 3. The third kappa shape index (κ3) is 3.85. The number of halogens is 3. The van der Waals surface area contributed by atoms with Crippen LogP contribution in [0.25, 0.3) is 0 Å². The average Bonchev–Trinajstić information content (AvgIpc) is 2.40. The number of carbonyl (C=O) groups is 1. The fourth-order valence-corrected chi connectivity index (χ4v) is 2.53. The number of ether oxygens (including phenoxy) is 1. The van der Waals surface area contributed by atoms with Gasteiger partial charge in [0, 0.05) is 37.7 Å². The van der Waals surface area contributed by atoms with E-state index in [0.717, 1.165) is 6.20 Å². The maximum atomic E-state index is 15.0. The standard InChI is InChI=1S/C15H19ClF2N2O2/c1-14(2,3)22-13(21)20-6-4-15(18,5-7-20)11-8-10(16)9-19-12(11)17/h8-9H,4-7H2,1-3H3. The van der Waals surface area contributed by atoms with Gasteiger partial charge in [0.15, 0.2) is 0 Å². The second-order valence-electron chi connectivity index (χ2n) is 6.42. The Labute approximate surface area is 133 Å². The number of amides is 1. The van der Waals surface area contributed by atoms with Crippen LogP contribution < -0.4 is 0 Å². The van der Waals surface area contributed by atoms with Crippen LogP contribution in [0.4, 0.5) is 13.6 Å². The van der Waals surface area contributed by atoms with Crippen molar-refractivity contribution in [2.75, 3.05) is 13.1 Å². The molecule has 0 atom stereocenters. The molecule has 1 saturated heterocycles. The van der Waals surface area contributed by atoms with Crippen molar-refractivity contribution in [1.82, 2.24) is 9.88 Å². The van der Waals surface area contributed by atoms with Crippen molar-refractivity contribution < 1.29 is 18.3 Å². The van der Waals surface area contributed by atoms with Crippen molar-refractivity contribution in [1.29, 1.82) is 0 Å². The molecule has 1 aromatic heterocycles. The van der Waals surface area contributed by atoms with Crippen LogP contribution in [0.3, 0.4) is 0 Å². The lowest BCUT2D eigenvalue weighted by Gasteiger charge is -2.37. The molecule has 0 spiro atoms. The summed E-state index contributed by atoms with van der Waals surface area (Å²) in [6.45, 7) is 5.60.